The van der Waals surface area contributed by atoms with Gasteiger partial charge in [-0.1, -0.05) is 75.7 Å². The summed E-state index contributed by atoms with van der Waals surface area (Å²) >= 11 is 0. The van der Waals surface area contributed by atoms with E-state index in [4.69, 9.17) is 14.6 Å². The molecule has 3 rings (SSSR count). The molecule has 1 atom stereocenters. The van der Waals surface area contributed by atoms with Crippen LogP contribution in [0, 0.1) is 18.8 Å². The zero-order valence-electron chi connectivity index (χ0n) is 22.1. The molecule has 35 heavy (non-hydrogen) atoms. The number of aliphatic hydroxyl groups excluding tert-OH is 1. The number of rotatable bonds is 13. The highest BCUT2D eigenvalue weighted by molar-refractivity contribution is 5.65. The fourth-order valence-electron chi connectivity index (χ4n) is 4.10. The van der Waals surface area contributed by atoms with Crippen molar-refractivity contribution >= 4 is 0 Å². The maximum Gasteiger partial charge on any atom is 0.222 e. The number of aromatic nitrogens is 2. The minimum atomic E-state index is -0.564. The molecule has 1 N–H and O–H groups in total. The Labute approximate surface area is 210 Å². The lowest BCUT2D eigenvalue weighted by molar-refractivity contribution is 0.00516. The molecule has 0 radical (unpaired) electrons. The first-order valence-corrected chi connectivity index (χ1v) is 12.6. The second kappa shape index (κ2) is 12.9. The summed E-state index contributed by atoms with van der Waals surface area (Å²) in [6, 6.07) is 18.3. The average molecular weight is 480 g/mol. The summed E-state index contributed by atoms with van der Waals surface area (Å²) in [6.45, 7) is 13.6. The van der Waals surface area contributed by atoms with Gasteiger partial charge in [0.15, 0.2) is 0 Å². The predicted octanol–water partition coefficient (Wildman–Crippen LogP) is 5.68. The molecule has 190 valence electrons. The molecule has 1 aromatic heterocycles. The Hall–Kier alpha value is -2.67. The van der Waals surface area contributed by atoms with Crippen LogP contribution in [-0.2, 0) is 18.3 Å². The zero-order chi connectivity index (χ0) is 25.4. The Bertz CT molecular complexity index is 1030. The lowest BCUT2D eigenvalue weighted by Gasteiger charge is -2.27. The van der Waals surface area contributed by atoms with Crippen molar-refractivity contribution in [2.45, 2.75) is 47.3 Å². The molecule has 0 amide bonds. The normalized spacial score (nSPS) is 12.6. The maximum absolute atomic E-state index is 10.7. The van der Waals surface area contributed by atoms with Crippen LogP contribution >= 0.6 is 0 Å². The third-order valence-electron chi connectivity index (χ3n) is 5.61. The minimum absolute atomic E-state index is 0.331. The van der Waals surface area contributed by atoms with Crippen molar-refractivity contribution in [1.29, 1.82) is 0 Å². The van der Waals surface area contributed by atoms with Crippen molar-refractivity contribution in [2.75, 3.05) is 26.3 Å². The third-order valence-corrected chi connectivity index (χ3v) is 5.61. The van der Waals surface area contributed by atoms with Gasteiger partial charge in [-0.15, -0.1) is 0 Å². The number of aryl methyl sites for hydroxylation is 2. The number of hydrogen-bond donors (Lipinski definition) is 1. The van der Waals surface area contributed by atoms with Crippen LogP contribution in [0.1, 0.15) is 38.8 Å². The topological polar surface area (TPSA) is 59.8 Å². The van der Waals surface area contributed by atoms with Gasteiger partial charge in [-0.25, -0.2) is 4.68 Å². The second-order valence-electron chi connectivity index (χ2n) is 10.2. The molecule has 0 aliphatic carbocycles. The smallest absolute Gasteiger partial charge is 0.222 e. The molecule has 0 saturated carbocycles. The Morgan fingerprint density at radius 3 is 2.23 bits per heavy atom. The molecule has 6 nitrogen and oxygen atoms in total. The van der Waals surface area contributed by atoms with Gasteiger partial charge in [-0.2, -0.15) is 5.10 Å². The highest BCUT2D eigenvalue weighted by Crippen LogP contribution is 2.34. The van der Waals surface area contributed by atoms with E-state index < -0.39 is 6.10 Å². The van der Waals surface area contributed by atoms with Crippen LogP contribution in [-0.4, -0.2) is 52.2 Å². The molecule has 0 spiro atoms. The van der Waals surface area contributed by atoms with Gasteiger partial charge in [-0.3, -0.25) is 4.90 Å². The first-order valence-electron chi connectivity index (χ1n) is 12.6. The monoisotopic (exact) mass is 479 g/mol. The molecular weight excluding hydrogens is 438 g/mol. The van der Waals surface area contributed by atoms with Crippen molar-refractivity contribution < 1.29 is 14.6 Å². The van der Waals surface area contributed by atoms with E-state index in [1.165, 1.54) is 5.56 Å². The van der Waals surface area contributed by atoms with Crippen LogP contribution in [0.2, 0.25) is 0 Å². The standard InChI is InChI=1S/C29H41N3O3/c1-21(2)16-32(17-25(33)20-34-19-22(3)4)18-27-28(24-10-8-7-9-11-24)30-31(6)29(27)35-26-14-12-23(5)13-15-26/h7-15,21-22,25,33H,16-20H2,1-6H3. The lowest BCUT2D eigenvalue weighted by Crippen LogP contribution is -2.37. The van der Waals surface area contributed by atoms with Gasteiger partial charge in [-0.05, 0) is 30.9 Å². The van der Waals surface area contributed by atoms with Crippen LogP contribution in [0.3, 0.4) is 0 Å². The van der Waals surface area contributed by atoms with E-state index in [9.17, 15) is 5.11 Å². The minimum Gasteiger partial charge on any atom is -0.439 e. The van der Waals surface area contributed by atoms with E-state index >= 15 is 0 Å². The predicted molar refractivity (Wildman–Crippen MR) is 142 cm³/mol. The highest BCUT2D eigenvalue weighted by Gasteiger charge is 2.24. The van der Waals surface area contributed by atoms with Gasteiger partial charge in [0.2, 0.25) is 5.88 Å². The number of benzene rings is 2. The molecule has 0 saturated heterocycles. The van der Waals surface area contributed by atoms with Crippen LogP contribution < -0.4 is 4.74 Å². The van der Waals surface area contributed by atoms with E-state index in [1.807, 2.05) is 54.2 Å². The van der Waals surface area contributed by atoms with Gasteiger partial charge >= 0.3 is 0 Å². The maximum atomic E-state index is 10.7. The molecule has 0 fully saturated rings. The van der Waals surface area contributed by atoms with Crippen molar-refractivity contribution in [3.63, 3.8) is 0 Å². The van der Waals surface area contributed by atoms with E-state index in [0.29, 0.717) is 44.0 Å². The molecule has 0 bridgehead atoms. The molecule has 2 aromatic carbocycles. The number of ether oxygens (including phenoxy) is 2. The van der Waals surface area contributed by atoms with Crippen LogP contribution in [0.25, 0.3) is 11.3 Å². The Morgan fingerprint density at radius 1 is 0.914 bits per heavy atom. The fraction of sp³-hybridized carbons (Fsp3) is 0.483. The van der Waals surface area contributed by atoms with Crippen LogP contribution in [0.5, 0.6) is 11.6 Å². The molecule has 3 aromatic rings. The molecule has 0 aliphatic rings. The van der Waals surface area contributed by atoms with Crippen LogP contribution in [0.15, 0.2) is 54.6 Å². The first-order chi connectivity index (χ1) is 16.7. The van der Waals surface area contributed by atoms with Crippen molar-refractivity contribution in [2.24, 2.45) is 18.9 Å². The lowest BCUT2D eigenvalue weighted by atomic mass is 10.1. The summed E-state index contributed by atoms with van der Waals surface area (Å²) in [6.07, 6.45) is -0.564. The van der Waals surface area contributed by atoms with Gasteiger partial charge in [0.1, 0.15) is 11.4 Å². The van der Waals surface area contributed by atoms with Crippen molar-refractivity contribution in [1.82, 2.24) is 14.7 Å². The quantitative estimate of drug-likeness (QED) is 0.342. The first kappa shape index (κ1) is 26.9. The van der Waals surface area contributed by atoms with E-state index in [-0.39, 0.29) is 0 Å². The van der Waals surface area contributed by atoms with Crippen LogP contribution in [0.4, 0.5) is 0 Å². The Kier molecular flexibility index (Phi) is 9.90. The average Bonchev–Trinajstić information content (AvgIpc) is 3.10. The molecule has 0 aliphatic heterocycles. The zero-order valence-corrected chi connectivity index (χ0v) is 22.1. The van der Waals surface area contributed by atoms with Crippen molar-refractivity contribution in [3.8, 4) is 22.9 Å². The summed E-state index contributed by atoms with van der Waals surface area (Å²) in [4.78, 5) is 2.28. The fourth-order valence-corrected chi connectivity index (χ4v) is 4.10. The summed E-state index contributed by atoms with van der Waals surface area (Å²) in [5.41, 5.74) is 4.14. The largest absolute Gasteiger partial charge is 0.439 e. The summed E-state index contributed by atoms with van der Waals surface area (Å²) in [5.74, 6) is 2.38. The van der Waals surface area contributed by atoms with Gasteiger partial charge in [0.25, 0.3) is 0 Å². The van der Waals surface area contributed by atoms with Gasteiger partial charge in [0.05, 0.1) is 18.3 Å². The van der Waals surface area contributed by atoms with E-state index in [0.717, 1.165) is 29.1 Å². The van der Waals surface area contributed by atoms with Gasteiger partial charge < -0.3 is 14.6 Å². The molecule has 6 heteroatoms. The SMILES string of the molecule is Cc1ccc(Oc2c(CN(CC(C)C)CC(O)COCC(C)C)c(-c3ccccc3)nn2C)cc1. The van der Waals surface area contributed by atoms with Crippen molar-refractivity contribution in [3.05, 3.63) is 65.7 Å². The molecule has 1 unspecified atom stereocenters. The van der Waals surface area contributed by atoms with E-state index in [1.54, 1.807) is 0 Å². The Balaban J connectivity index is 1.91. The number of aliphatic hydroxyl groups is 1. The number of nitrogens with zero attached hydrogens (tertiary/aromatic N) is 3. The van der Waals surface area contributed by atoms with E-state index in [2.05, 4.69) is 51.7 Å². The molecule has 1 heterocycles. The van der Waals surface area contributed by atoms with Gasteiger partial charge in [0, 0.05) is 38.9 Å². The third kappa shape index (κ3) is 8.20. The summed E-state index contributed by atoms with van der Waals surface area (Å²) in [5, 5.41) is 15.6. The second-order valence-corrected chi connectivity index (χ2v) is 10.2. The Morgan fingerprint density at radius 2 is 1.60 bits per heavy atom. The molecular formula is C29H41N3O3. The highest BCUT2D eigenvalue weighted by atomic mass is 16.5. The summed E-state index contributed by atoms with van der Waals surface area (Å²) < 4.78 is 13.9. The summed E-state index contributed by atoms with van der Waals surface area (Å²) in [7, 11) is 1.92. The number of hydrogen-bond acceptors (Lipinski definition) is 5.